The number of hydroxylamine groups is 1. The summed E-state index contributed by atoms with van der Waals surface area (Å²) in [6.07, 6.45) is 2.73. The lowest BCUT2D eigenvalue weighted by Crippen LogP contribution is -2.32. The molecular formula is C11H13NO4. The summed E-state index contributed by atoms with van der Waals surface area (Å²) in [5, 5.41) is 0. The maximum absolute atomic E-state index is 11.6. The number of ether oxygens (including phenoxy) is 1. The van der Waals surface area contributed by atoms with Gasteiger partial charge in [-0.25, -0.2) is 9.59 Å². The molecule has 5 heteroatoms. The van der Waals surface area contributed by atoms with Gasteiger partial charge in [0.05, 0.1) is 12.5 Å². The van der Waals surface area contributed by atoms with Crippen LogP contribution >= 0.6 is 0 Å². The molecule has 0 radical (unpaired) electrons. The summed E-state index contributed by atoms with van der Waals surface area (Å²) in [6, 6.07) is 0. The standard InChI is InChI=1S/C11H13NO4/c1-2-15-11(14)12-16-10(13)9-6-7-3-4-8(9)5-7/h4,8-9H,2,5-6H2,1H3,(H,12,14). The molecule has 2 rings (SSSR count). The van der Waals surface area contributed by atoms with Crippen LogP contribution < -0.4 is 5.48 Å². The number of hydrogen-bond acceptors (Lipinski definition) is 4. The van der Waals surface area contributed by atoms with Crippen LogP contribution in [0.4, 0.5) is 4.79 Å². The van der Waals surface area contributed by atoms with Gasteiger partial charge >= 0.3 is 12.1 Å². The van der Waals surface area contributed by atoms with E-state index in [1.165, 1.54) is 0 Å². The predicted octanol–water partition coefficient (Wildman–Crippen LogP) is 1.31. The van der Waals surface area contributed by atoms with Crippen molar-refractivity contribution in [3.8, 4) is 0 Å². The molecule has 0 aromatic rings. The van der Waals surface area contributed by atoms with E-state index in [2.05, 4.69) is 15.3 Å². The number of rotatable bonds is 2. The lowest BCUT2D eigenvalue weighted by atomic mass is 9.96. The average molecular weight is 223 g/mol. The molecule has 2 atom stereocenters. The van der Waals surface area contributed by atoms with Crippen LogP contribution in [-0.2, 0) is 14.4 Å². The van der Waals surface area contributed by atoms with Gasteiger partial charge in [0.1, 0.15) is 0 Å². The maximum atomic E-state index is 11.6. The number of amides is 1. The van der Waals surface area contributed by atoms with E-state index in [1.54, 1.807) is 6.92 Å². The topological polar surface area (TPSA) is 64.6 Å². The molecule has 0 spiro atoms. The van der Waals surface area contributed by atoms with Crippen molar-refractivity contribution in [1.82, 2.24) is 5.48 Å². The second-order valence-electron chi connectivity index (χ2n) is 3.84. The van der Waals surface area contributed by atoms with Gasteiger partial charge in [-0.2, -0.15) is 0 Å². The Kier molecular flexibility index (Phi) is 2.97. The van der Waals surface area contributed by atoms with Crippen molar-refractivity contribution in [2.24, 2.45) is 11.8 Å². The molecule has 2 unspecified atom stereocenters. The third-order valence-electron chi connectivity index (χ3n) is 2.78. The highest BCUT2D eigenvalue weighted by molar-refractivity contribution is 5.76. The van der Waals surface area contributed by atoms with E-state index in [-0.39, 0.29) is 18.4 Å². The van der Waals surface area contributed by atoms with Gasteiger partial charge in [0, 0.05) is 5.92 Å². The van der Waals surface area contributed by atoms with Gasteiger partial charge in [-0.1, -0.05) is 0 Å². The molecule has 0 aromatic heterocycles. The average Bonchev–Trinajstić information content (AvgIpc) is 2.88. The summed E-state index contributed by atoms with van der Waals surface area (Å²) in [7, 11) is 0. The van der Waals surface area contributed by atoms with Gasteiger partial charge in [-0.15, -0.1) is 11.2 Å². The van der Waals surface area contributed by atoms with Crippen LogP contribution in [0.25, 0.3) is 0 Å². The molecule has 0 aromatic carbocycles. The summed E-state index contributed by atoms with van der Waals surface area (Å²) in [4.78, 5) is 27.1. The summed E-state index contributed by atoms with van der Waals surface area (Å²) in [6.45, 7) is 1.92. The van der Waals surface area contributed by atoms with Crippen LogP contribution in [0, 0.1) is 11.8 Å². The molecule has 2 aliphatic rings. The Morgan fingerprint density at radius 3 is 2.94 bits per heavy atom. The third-order valence-corrected chi connectivity index (χ3v) is 2.78. The molecule has 1 saturated carbocycles. The second kappa shape index (κ2) is 4.41. The van der Waals surface area contributed by atoms with Gasteiger partial charge < -0.3 is 9.57 Å². The van der Waals surface area contributed by atoms with Gasteiger partial charge in [0.25, 0.3) is 0 Å². The summed E-state index contributed by atoms with van der Waals surface area (Å²) >= 11 is 0. The number of allylic oxidation sites excluding steroid dienone is 1. The largest absolute Gasteiger partial charge is 0.448 e. The number of carbonyl (C=O) groups excluding carboxylic acids is 2. The minimum absolute atomic E-state index is 0.182. The van der Waals surface area contributed by atoms with E-state index in [9.17, 15) is 9.59 Å². The van der Waals surface area contributed by atoms with Crippen LogP contribution in [0.3, 0.4) is 0 Å². The highest BCUT2D eigenvalue weighted by atomic mass is 16.7. The Morgan fingerprint density at radius 1 is 1.56 bits per heavy atom. The first-order valence-electron chi connectivity index (χ1n) is 5.28. The zero-order valence-electron chi connectivity index (χ0n) is 8.99. The Morgan fingerprint density at radius 2 is 2.38 bits per heavy atom. The van der Waals surface area contributed by atoms with Crippen LogP contribution in [0.15, 0.2) is 17.4 Å². The van der Waals surface area contributed by atoms with Crippen molar-refractivity contribution < 1.29 is 19.2 Å². The molecule has 1 N–H and O–H groups in total. The number of nitrogens with one attached hydrogen (secondary N) is 1. The van der Waals surface area contributed by atoms with Crippen LogP contribution in [-0.4, -0.2) is 18.7 Å². The van der Waals surface area contributed by atoms with E-state index in [0.29, 0.717) is 6.42 Å². The summed E-state index contributed by atoms with van der Waals surface area (Å²) < 4.78 is 4.56. The van der Waals surface area contributed by atoms with Crippen molar-refractivity contribution in [3.63, 3.8) is 0 Å². The van der Waals surface area contributed by atoms with Crippen LogP contribution in [0.5, 0.6) is 0 Å². The normalized spacial score (nSPS) is 25.2. The lowest BCUT2D eigenvalue weighted by Gasteiger charge is -2.14. The first-order valence-corrected chi connectivity index (χ1v) is 5.28. The monoisotopic (exact) mass is 223 g/mol. The zero-order chi connectivity index (χ0) is 11.5. The highest BCUT2D eigenvalue weighted by Crippen LogP contribution is 2.40. The van der Waals surface area contributed by atoms with Crippen molar-refractivity contribution in [3.05, 3.63) is 17.4 Å². The van der Waals surface area contributed by atoms with Crippen molar-refractivity contribution >= 4 is 12.1 Å². The molecular weight excluding hydrogens is 210 g/mol. The van der Waals surface area contributed by atoms with Gasteiger partial charge in [-0.3, -0.25) is 0 Å². The molecule has 2 aliphatic carbocycles. The number of hydrogen-bond donors (Lipinski definition) is 1. The van der Waals surface area contributed by atoms with E-state index in [4.69, 9.17) is 0 Å². The third kappa shape index (κ3) is 2.09. The minimum atomic E-state index is -0.742. The smallest absolute Gasteiger partial charge is 0.440 e. The van der Waals surface area contributed by atoms with E-state index < -0.39 is 12.1 Å². The Balaban J connectivity index is 1.77. The minimum Gasteiger partial charge on any atom is -0.448 e. The van der Waals surface area contributed by atoms with E-state index in [1.807, 2.05) is 11.6 Å². The SMILES string of the molecule is CCOC(=O)NOC(=O)C1CC2=C=CC1C2. The molecule has 86 valence electrons. The molecule has 2 bridgehead atoms. The maximum Gasteiger partial charge on any atom is 0.440 e. The van der Waals surface area contributed by atoms with Crippen LogP contribution in [0.1, 0.15) is 19.8 Å². The van der Waals surface area contributed by atoms with Crippen molar-refractivity contribution in [1.29, 1.82) is 0 Å². The Bertz CT molecular complexity index is 381. The fourth-order valence-corrected chi connectivity index (χ4v) is 2.03. The number of fused-ring (bicyclic) bond motifs is 2. The first kappa shape index (κ1) is 10.8. The molecule has 1 fully saturated rings. The van der Waals surface area contributed by atoms with E-state index in [0.717, 1.165) is 12.0 Å². The zero-order valence-corrected chi connectivity index (χ0v) is 8.99. The molecule has 1 amide bonds. The molecule has 0 saturated heterocycles. The Labute approximate surface area is 93.1 Å². The number of carbonyl (C=O) groups is 2. The van der Waals surface area contributed by atoms with Crippen molar-refractivity contribution in [2.45, 2.75) is 19.8 Å². The van der Waals surface area contributed by atoms with Gasteiger partial charge in [-0.05, 0) is 31.4 Å². The molecule has 16 heavy (non-hydrogen) atoms. The second-order valence-corrected chi connectivity index (χ2v) is 3.84. The fourth-order valence-electron chi connectivity index (χ4n) is 2.03. The molecule has 5 nitrogen and oxygen atoms in total. The van der Waals surface area contributed by atoms with Crippen LogP contribution in [0.2, 0.25) is 0 Å². The summed E-state index contributed by atoms with van der Waals surface area (Å²) in [5.41, 5.74) is 6.22. The quantitative estimate of drug-likeness (QED) is 0.566. The Hall–Kier alpha value is -1.74. The van der Waals surface area contributed by atoms with Crippen molar-refractivity contribution in [2.75, 3.05) is 6.61 Å². The first-order chi connectivity index (χ1) is 7.70. The fraction of sp³-hybridized carbons (Fsp3) is 0.545. The lowest BCUT2D eigenvalue weighted by molar-refractivity contribution is -0.155. The van der Waals surface area contributed by atoms with Gasteiger partial charge in [0.2, 0.25) is 0 Å². The summed E-state index contributed by atoms with van der Waals surface area (Å²) in [5.74, 6) is -0.407. The molecule has 0 aliphatic heterocycles. The van der Waals surface area contributed by atoms with Gasteiger partial charge in [0.15, 0.2) is 0 Å². The predicted molar refractivity (Wildman–Crippen MR) is 54.1 cm³/mol. The van der Waals surface area contributed by atoms with E-state index >= 15 is 0 Å². The highest BCUT2D eigenvalue weighted by Gasteiger charge is 2.38. The molecule has 0 heterocycles.